The number of hydrogen-bond donors (Lipinski definition) is 1. The molecule has 3 heterocycles. The Hall–Kier alpha value is -2.45. The fraction of sp³-hybridized carbons (Fsp3) is 0.278. The van der Waals surface area contributed by atoms with Gasteiger partial charge in [-0.2, -0.15) is 9.57 Å². The van der Waals surface area contributed by atoms with Gasteiger partial charge in [-0.25, -0.2) is 8.42 Å². The fourth-order valence-electron chi connectivity index (χ4n) is 3.39. The number of rotatable bonds is 4. The molecule has 1 atom stereocenters. The van der Waals surface area contributed by atoms with Gasteiger partial charge in [-0.15, -0.1) is 0 Å². The van der Waals surface area contributed by atoms with E-state index in [0.29, 0.717) is 28.7 Å². The molecule has 0 bridgehead atoms. The van der Waals surface area contributed by atoms with E-state index < -0.39 is 15.6 Å². The topological polar surface area (TPSA) is 108 Å². The first kappa shape index (κ1) is 19.8. The summed E-state index contributed by atoms with van der Waals surface area (Å²) in [5.74, 6) is 0. The molecule has 4 rings (SSSR count). The largest absolute Gasteiger partial charge is 0.343 e. The van der Waals surface area contributed by atoms with Gasteiger partial charge in [-0.1, -0.05) is 11.6 Å². The second-order valence-corrected chi connectivity index (χ2v) is 10.1. The first-order valence-electron chi connectivity index (χ1n) is 8.71. The minimum atomic E-state index is -3.33. The van der Waals surface area contributed by atoms with E-state index in [1.165, 1.54) is 8.26 Å². The maximum Gasteiger partial charge on any atom is 0.281 e. The Balaban J connectivity index is 1.74. The third kappa shape index (κ3) is 3.62. The van der Waals surface area contributed by atoms with Crippen molar-refractivity contribution in [3.63, 3.8) is 0 Å². The number of nitrogens with one attached hydrogen (secondary N) is 1. The zero-order valence-corrected chi connectivity index (χ0v) is 17.7. The molecule has 1 aliphatic rings. The fourth-order valence-corrected chi connectivity index (χ4v) is 5.54. The average molecular weight is 450 g/mol. The van der Waals surface area contributed by atoms with Crippen LogP contribution in [0.2, 0.25) is 5.02 Å². The Morgan fingerprint density at radius 3 is 2.86 bits per heavy atom. The number of benzene rings is 1. The van der Waals surface area contributed by atoms with Gasteiger partial charge in [0.15, 0.2) is 5.56 Å². The molecule has 3 aromatic rings. The number of aromatic nitrogens is 2. The molecular formula is C18H16ClN5O3S2. The molecule has 1 N–H and O–H groups in total. The summed E-state index contributed by atoms with van der Waals surface area (Å²) in [6.45, 7) is 0.557. The maximum absolute atomic E-state index is 12.8. The van der Waals surface area contributed by atoms with Crippen molar-refractivity contribution in [3.8, 4) is 6.07 Å². The smallest absolute Gasteiger partial charge is 0.281 e. The van der Waals surface area contributed by atoms with E-state index in [4.69, 9.17) is 11.6 Å². The molecule has 0 radical (unpaired) electrons. The van der Waals surface area contributed by atoms with E-state index in [-0.39, 0.29) is 18.2 Å². The van der Waals surface area contributed by atoms with Crippen molar-refractivity contribution in [2.45, 2.75) is 12.5 Å². The summed E-state index contributed by atoms with van der Waals surface area (Å²) in [5.41, 5.74) is 0.829. The quantitative estimate of drug-likeness (QED) is 0.656. The Kier molecular flexibility index (Phi) is 5.08. The molecule has 1 fully saturated rings. The van der Waals surface area contributed by atoms with Gasteiger partial charge < -0.3 is 5.32 Å². The van der Waals surface area contributed by atoms with E-state index in [1.54, 1.807) is 24.4 Å². The SMILES string of the molecule is CS(=O)(=O)N1CC[C@H](n2sc(Nc3c(Cl)ccc4ncccc34)c(C#N)c2=O)C1. The minimum Gasteiger partial charge on any atom is -0.343 e. The lowest BCUT2D eigenvalue weighted by atomic mass is 10.2. The molecule has 0 saturated carbocycles. The molecule has 1 aliphatic heterocycles. The molecule has 2 aromatic heterocycles. The van der Waals surface area contributed by atoms with E-state index in [0.717, 1.165) is 28.7 Å². The van der Waals surface area contributed by atoms with Crippen molar-refractivity contribution in [2.75, 3.05) is 24.7 Å². The van der Waals surface area contributed by atoms with Crippen LogP contribution in [0.15, 0.2) is 35.3 Å². The van der Waals surface area contributed by atoms with Crippen LogP contribution >= 0.6 is 23.1 Å². The molecule has 0 aliphatic carbocycles. The summed E-state index contributed by atoms with van der Waals surface area (Å²) in [7, 11) is -3.33. The van der Waals surface area contributed by atoms with Gasteiger partial charge in [-0.05, 0) is 42.2 Å². The molecule has 0 spiro atoms. The Labute approximate surface area is 176 Å². The van der Waals surface area contributed by atoms with E-state index in [2.05, 4.69) is 10.3 Å². The molecule has 150 valence electrons. The first-order chi connectivity index (χ1) is 13.8. The molecule has 11 heteroatoms. The third-order valence-corrected chi connectivity index (χ3v) is 7.58. The van der Waals surface area contributed by atoms with E-state index >= 15 is 0 Å². The highest BCUT2D eigenvalue weighted by atomic mass is 35.5. The van der Waals surface area contributed by atoms with E-state index in [9.17, 15) is 18.5 Å². The van der Waals surface area contributed by atoms with Crippen molar-refractivity contribution < 1.29 is 8.42 Å². The predicted molar refractivity (Wildman–Crippen MR) is 113 cm³/mol. The van der Waals surface area contributed by atoms with Crippen LogP contribution < -0.4 is 10.9 Å². The molecule has 1 aromatic carbocycles. The molecule has 1 saturated heterocycles. The van der Waals surface area contributed by atoms with Gasteiger partial charge in [0.2, 0.25) is 10.0 Å². The van der Waals surface area contributed by atoms with Crippen LogP contribution in [0.3, 0.4) is 0 Å². The van der Waals surface area contributed by atoms with Crippen molar-refractivity contribution in [2.24, 2.45) is 0 Å². The Morgan fingerprint density at radius 2 is 2.17 bits per heavy atom. The van der Waals surface area contributed by atoms with Crippen LogP contribution in [0.1, 0.15) is 18.0 Å². The van der Waals surface area contributed by atoms with Crippen molar-refractivity contribution in [3.05, 3.63) is 51.4 Å². The first-order valence-corrected chi connectivity index (χ1v) is 11.7. The number of nitriles is 1. The standard InChI is InChI=1S/C18H16ClN5O3S2/c1-29(26,27)23-8-6-11(10-23)24-18(25)13(9-20)17(28-24)22-16-12-3-2-7-21-15(12)5-4-14(16)19/h2-5,7,11,22H,6,8,10H2,1H3/t11-/m0/s1. The zero-order valence-electron chi connectivity index (χ0n) is 15.3. The van der Waals surface area contributed by atoms with Gasteiger partial charge in [0, 0.05) is 24.7 Å². The van der Waals surface area contributed by atoms with Gasteiger partial charge >= 0.3 is 0 Å². The normalized spacial score (nSPS) is 17.5. The number of hydrogen-bond acceptors (Lipinski definition) is 7. The Bertz CT molecular complexity index is 1310. The summed E-state index contributed by atoms with van der Waals surface area (Å²) in [6, 6.07) is 8.77. The van der Waals surface area contributed by atoms with Crippen LogP contribution in [0.4, 0.5) is 10.7 Å². The van der Waals surface area contributed by atoms with Crippen LogP contribution in [-0.4, -0.2) is 41.0 Å². The number of sulfonamides is 1. The van der Waals surface area contributed by atoms with Crippen LogP contribution in [0.5, 0.6) is 0 Å². The highest BCUT2D eigenvalue weighted by molar-refractivity contribution is 7.88. The summed E-state index contributed by atoms with van der Waals surface area (Å²) < 4.78 is 26.4. The third-order valence-electron chi connectivity index (χ3n) is 4.84. The van der Waals surface area contributed by atoms with Crippen molar-refractivity contribution in [1.29, 1.82) is 5.26 Å². The van der Waals surface area contributed by atoms with Crippen LogP contribution in [-0.2, 0) is 10.0 Å². The molecule has 0 unspecified atom stereocenters. The zero-order chi connectivity index (χ0) is 20.8. The van der Waals surface area contributed by atoms with Crippen LogP contribution in [0.25, 0.3) is 10.9 Å². The van der Waals surface area contributed by atoms with E-state index in [1.807, 2.05) is 12.1 Å². The van der Waals surface area contributed by atoms with Crippen molar-refractivity contribution in [1.82, 2.24) is 13.2 Å². The second kappa shape index (κ2) is 7.42. The monoisotopic (exact) mass is 449 g/mol. The summed E-state index contributed by atoms with van der Waals surface area (Å²) >= 11 is 7.47. The number of anilines is 2. The molecule has 8 nitrogen and oxygen atoms in total. The highest BCUT2D eigenvalue weighted by Gasteiger charge is 2.32. The number of fused-ring (bicyclic) bond motifs is 1. The lowest BCUT2D eigenvalue weighted by Crippen LogP contribution is -2.29. The number of nitrogens with zero attached hydrogens (tertiary/aromatic N) is 4. The van der Waals surface area contributed by atoms with Crippen molar-refractivity contribution >= 4 is 54.7 Å². The summed E-state index contributed by atoms with van der Waals surface area (Å²) in [4.78, 5) is 17.1. The predicted octanol–water partition coefficient (Wildman–Crippen LogP) is 2.93. The van der Waals surface area contributed by atoms with Crippen LogP contribution in [0, 0.1) is 11.3 Å². The van der Waals surface area contributed by atoms with Gasteiger partial charge in [0.05, 0.1) is 28.5 Å². The Morgan fingerprint density at radius 1 is 1.38 bits per heavy atom. The maximum atomic E-state index is 12.8. The van der Waals surface area contributed by atoms with Gasteiger partial charge in [0.25, 0.3) is 5.56 Å². The average Bonchev–Trinajstić information content (AvgIpc) is 3.29. The lowest BCUT2D eigenvalue weighted by Gasteiger charge is -2.13. The highest BCUT2D eigenvalue weighted by Crippen LogP contribution is 2.36. The summed E-state index contributed by atoms with van der Waals surface area (Å²) in [6.07, 6.45) is 3.33. The lowest BCUT2D eigenvalue weighted by molar-refractivity contribution is 0.462. The number of pyridine rings is 1. The van der Waals surface area contributed by atoms with Gasteiger partial charge in [-0.3, -0.25) is 13.7 Å². The second-order valence-electron chi connectivity index (χ2n) is 6.72. The minimum absolute atomic E-state index is 0.0234. The molecule has 0 amide bonds. The van der Waals surface area contributed by atoms with Gasteiger partial charge in [0.1, 0.15) is 11.1 Å². The number of halogens is 1. The molecule has 29 heavy (non-hydrogen) atoms. The summed E-state index contributed by atoms with van der Waals surface area (Å²) in [5, 5.41) is 14.3. The molecular weight excluding hydrogens is 434 g/mol.